The molecular formula is C19H17N5O2. The summed E-state index contributed by atoms with van der Waals surface area (Å²) in [6.07, 6.45) is 0.269. The lowest BCUT2D eigenvalue weighted by atomic mass is 10.0. The first-order valence-corrected chi connectivity index (χ1v) is 8.29. The Hall–Kier alpha value is -3.48. The maximum Gasteiger partial charge on any atom is 0.258 e. The fourth-order valence-electron chi connectivity index (χ4n) is 3.01. The number of aromatic nitrogens is 3. The summed E-state index contributed by atoms with van der Waals surface area (Å²) in [5.74, 6) is 0.0684. The van der Waals surface area contributed by atoms with Gasteiger partial charge in [0.1, 0.15) is 0 Å². The second kappa shape index (κ2) is 6.44. The average Bonchev–Trinajstić information content (AvgIpc) is 3.03. The van der Waals surface area contributed by atoms with Crippen LogP contribution in [0.15, 0.2) is 54.6 Å². The average molecular weight is 347 g/mol. The number of hydrogen-bond acceptors (Lipinski definition) is 4. The van der Waals surface area contributed by atoms with Gasteiger partial charge in [-0.15, -0.1) is 5.10 Å². The predicted molar refractivity (Wildman–Crippen MR) is 97.0 cm³/mol. The van der Waals surface area contributed by atoms with Crippen LogP contribution in [0.2, 0.25) is 0 Å². The lowest BCUT2D eigenvalue weighted by Crippen LogP contribution is -2.29. The fourth-order valence-corrected chi connectivity index (χ4v) is 3.01. The zero-order chi connectivity index (χ0) is 18.1. The van der Waals surface area contributed by atoms with E-state index in [9.17, 15) is 9.59 Å². The van der Waals surface area contributed by atoms with E-state index in [4.69, 9.17) is 0 Å². The summed E-state index contributed by atoms with van der Waals surface area (Å²) in [5.41, 5.74) is 2.48. The first kappa shape index (κ1) is 16.0. The summed E-state index contributed by atoms with van der Waals surface area (Å²) < 4.78 is 1.64. The van der Waals surface area contributed by atoms with Crippen LogP contribution in [0, 0.1) is 6.92 Å². The molecule has 1 aliphatic heterocycles. The largest absolute Gasteiger partial charge is 0.295 e. The monoisotopic (exact) mass is 347 g/mol. The molecule has 7 nitrogen and oxygen atoms in total. The van der Waals surface area contributed by atoms with Gasteiger partial charge in [0.25, 0.3) is 11.9 Å². The topological polar surface area (TPSA) is 88.9 Å². The van der Waals surface area contributed by atoms with E-state index in [1.807, 2.05) is 49.4 Å². The summed E-state index contributed by atoms with van der Waals surface area (Å²) in [4.78, 5) is 28.7. The molecule has 130 valence electrons. The molecule has 0 bridgehead atoms. The third kappa shape index (κ3) is 3.06. The first-order valence-electron chi connectivity index (χ1n) is 8.29. The summed E-state index contributed by atoms with van der Waals surface area (Å²) in [5, 5.41) is 9.79. The van der Waals surface area contributed by atoms with Crippen LogP contribution in [-0.4, -0.2) is 26.6 Å². The molecular weight excluding hydrogens is 330 g/mol. The summed E-state index contributed by atoms with van der Waals surface area (Å²) in [7, 11) is 0. The number of nitrogens with zero attached hydrogens (tertiary/aromatic N) is 3. The van der Waals surface area contributed by atoms with Crippen molar-refractivity contribution in [3.63, 3.8) is 0 Å². The zero-order valence-corrected chi connectivity index (χ0v) is 14.1. The Morgan fingerprint density at radius 2 is 2.00 bits per heavy atom. The van der Waals surface area contributed by atoms with Crippen LogP contribution >= 0.6 is 0 Å². The van der Waals surface area contributed by atoms with Gasteiger partial charge in [-0.2, -0.15) is 4.98 Å². The maximum atomic E-state index is 12.4. The second-order valence-electron chi connectivity index (χ2n) is 6.21. The molecule has 4 rings (SSSR count). The van der Waals surface area contributed by atoms with Gasteiger partial charge in [0, 0.05) is 5.56 Å². The van der Waals surface area contributed by atoms with Crippen molar-refractivity contribution in [2.24, 2.45) is 0 Å². The van der Waals surface area contributed by atoms with Crippen LogP contribution in [0.3, 0.4) is 0 Å². The SMILES string of the molecule is Cc1cccc(C(=O)Nc2nc3n(n2)[C@@H](c2ccccc2)CC(=O)N3)c1. The van der Waals surface area contributed by atoms with Crippen LogP contribution in [0.25, 0.3) is 0 Å². The number of carbonyl (C=O) groups is 2. The van der Waals surface area contributed by atoms with E-state index < -0.39 is 0 Å². The van der Waals surface area contributed by atoms with Gasteiger partial charge >= 0.3 is 0 Å². The smallest absolute Gasteiger partial charge is 0.258 e. The molecule has 26 heavy (non-hydrogen) atoms. The third-order valence-electron chi connectivity index (χ3n) is 4.25. The van der Waals surface area contributed by atoms with Crippen molar-refractivity contribution in [3.8, 4) is 0 Å². The molecule has 0 saturated heterocycles. The number of benzene rings is 2. The molecule has 2 N–H and O–H groups in total. The van der Waals surface area contributed by atoms with Crippen molar-refractivity contribution in [3.05, 3.63) is 71.3 Å². The molecule has 0 aliphatic carbocycles. The normalized spacial score (nSPS) is 15.9. The second-order valence-corrected chi connectivity index (χ2v) is 6.21. The molecule has 0 unspecified atom stereocenters. The molecule has 2 amide bonds. The van der Waals surface area contributed by atoms with Crippen molar-refractivity contribution in [1.29, 1.82) is 0 Å². The predicted octanol–water partition coefficient (Wildman–Crippen LogP) is 2.77. The number of aryl methyl sites for hydroxylation is 1. The molecule has 1 aliphatic rings. The fraction of sp³-hybridized carbons (Fsp3) is 0.158. The Bertz CT molecular complexity index is 981. The molecule has 0 radical (unpaired) electrons. The number of carbonyl (C=O) groups excluding carboxylic acids is 2. The highest BCUT2D eigenvalue weighted by Gasteiger charge is 2.29. The molecule has 0 fully saturated rings. The molecule has 7 heteroatoms. The number of anilines is 2. The van der Waals surface area contributed by atoms with Crippen LogP contribution < -0.4 is 10.6 Å². The first-order chi connectivity index (χ1) is 12.6. The van der Waals surface area contributed by atoms with Crippen LogP contribution in [0.1, 0.15) is 33.9 Å². The summed E-state index contributed by atoms with van der Waals surface area (Å²) in [6, 6.07) is 16.6. The standard InChI is InChI=1S/C19H17N5O2/c1-12-6-5-9-14(10-12)17(26)21-18-22-19-20-16(25)11-15(24(19)23-18)13-7-3-2-4-8-13/h2-10,15H,11H2,1H3,(H2,20,21,22,23,25,26)/t15-/m1/s1. The van der Waals surface area contributed by atoms with E-state index in [1.54, 1.807) is 16.8 Å². The number of rotatable bonds is 3. The molecule has 0 saturated carbocycles. The van der Waals surface area contributed by atoms with Crippen molar-refractivity contribution < 1.29 is 9.59 Å². The van der Waals surface area contributed by atoms with Gasteiger partial charge < -0.3 is 0 Å². The van der Waals surface area contributed by atoms with Gasteiger partial charge in [0.2, 0.25) is 11.9 Å². The Morgan fingerprint density at radius 1 is 1.19 bits per heavy atom. The third-order valence-corrected chi connectivity index (χ3v) is 4.25. The molecule has 1 atom stereocenters. The minimum atomic E-state index is -0.292. The minimum Gasteiger partial charge on any atom is -0.295 e. The molecule has 2 aromatic carbocycles. The van der Waals surface area contributed by atoms with Crippen molar-refractivity contribution in [2.75, 3.05) is 10.6 Å². The van der Waals surface area contributed by atoms with E-state index in [0.29, 0.717) is 11.5 Å². The lowest BCUT2D eigenvalue weighted by Gasteiger charge is -2.23. The summed E-state index contributed by atoms with van der Waals surface area (Å²) >= 11 is 0. The number of amides is 2. The van der Waals surface area contributed by atoms with E-state index in [2.05, 4.69) is 20.7 Å². The van der Waals surface area contributed by atoms with Crippen molar-refractivity contribution >= 4 is 23.7 Å². The van der Waals surface area contributed by atoms with E-state index in [1.165, 1.54) is 0 Å². The van der Waals surface area contributed by atoms with Crippen LogP contribution in [0.4, 0.5) is 11.9 Å². The van der Waals surface area contributed by atoms with E-state index >= 15 is 0 Å². The van der Waals surface area contributed by atoms with Gasteiger partial charge in [0.15, 0.2) is 0 Å². The number of fused-ring (bicyclic) bond motifs is 1. The highest BCUT2D eigenvalue weighted by molar-refractivity contribution is 6.03. The van der Waals surface area contributed by atoms with E-state index in [0.717, 1.165) is 11.1 Å². The zero-order valence-electron chi connectivity index (χ0n) is 14.1. The Morgan fingerprint density at radius 3 is 2.77 bits per heavy atom. The molecule has 3 aromatic rings. The quantitative estimate of drug-likeness (QED) is 0.762. The highest BCUT2D eigenvalue weighted by atomic mass is 16.2. The van der Waals surface area contributed by atoms with Gasteiger partial charge in [-0.1, -0.05) is 48.0 Å². The Balaban J connectivity index is 1.63. The van der Waals surface area contributed by atoms with Crippen molar-refractivity contribution in [1.82, 2.24) is 14.8 Å². The van der Waals surface area contributed by atoms with Gasteiger partial charge in [0.05, 0.1) is 12.5 Å². The maximum absolute atomic E-state index is 12.4. The van der Waals surface area contributed by atoms with Gasteiger partial charge in [-0.3, -0.25) is 20.2 Å². The van der Waals surface area contributed by atoms with Gasteiger partial charge in [-0.25, -0.2) is 4.68 Å². The Kier molecular flexibility index (Phi) is 3.96. The molecule has 1 aromatic heterocycles. The Labute approximate surface area is 150 Å². The number of nitrogens with one attached hydrogen (secondary N) is 2. The molecule has 0 spiro atoms. The highest BCUT2D eigenvalue weighted by Crippen LogP contribution is 2.29. The van der Waals surface area contributed by atoms with Gasteiger partial charge in [-0.05, 0) is 24.6 Å². The van der Waals surface area contributed by atoms with Crippen molar-refractivity contribution in [2.45, 2.75) is 19.4 Å². The minimum absolute atomic E-state index is 0.129. The summed E-state index contributed by atoms with van der Waals surface area (Å²) in [6.45, 7) is 1.92. The van der Waals surface area contributed by atoms with Crippen LogP contribution in [-0.2, 0) is 4.79 Å². The molecule has 2 heterocycles. The number of hydrogen-bond donors (Lipinski definition) is 2. The lowest BCUT2D eigenvalue weighted by molar-refractivity contribution is -0.117. The van der Waals surface area contributed by atoms with E-state index in [-0.39, 0.29) is 30.2 Å². The van der Waals surface area contributed by atoms with Crippen LogP contribution in [0.5, 0.6) is 0 Å².